The van der Waals surface area contributed by atoms with Gasteiger partial charge in [-0.25, -0.2) is 13.4 Å². The van der Waals surface area contributed by atoms with E-state index in [1.807, 2.05) is 0 Å². The van der Waals surface area contributed by atoms with Crippen molar-refractivity contribution >= 4 is 21.6 Å². The minimum atomic E-state index is -3.01. The van der Waals surface area contributed by atoms with Crippen LogP contribution in [0.3, 0.4) is 0 Å². The van der Waals surface area contributed by atoms with E-state index >= 15 is 0 Å². The standard InChI is InChI=1S/C16H21N3O3S/c1-3-9-17-16(20)12-7-8-15(18-11-12)19-13-5-4-6-14(10-13)23(2,21)22/h1,7-8,11,13-14H,4-6,9-10H2,2H3,(H,17,20)(H,18,19). The van der Waals surface area contributed by atoms with Crippen molar-refractivity contribution in [3.63, 3.8) is 0 Å². The highest BCUT2D eigenvalue weighted by molar-refractivity contribution is 7.91. The van der Waals surface area contributed by atoms with Crippen LogP contribution in [0.4, 0.5) is 5.82 Å². The summed E-state index contributed by atoms with van der Waals surface area (Å²) in [7, 11) is -3.01. The smallest absolute Gasteiger partial charge is 0.253 e. The summed E-state index contributed by atoms with van der Waals surface area (Å²) in [6, 6.07) is 3.46. The molecule has 0 radical (unpaired) electrons. The molecule has 1 fully saturated rings. The van der Waals surface area contributed by atoms with Crippen molar-refractivity contribution in [3.8, 4) is 12.3 Å². The first kappa shape index (κ1) is 17.3. The van der Waals surface area contributed by atoms with Crippen LogP contribution in [0.5, 0.6) is 0 Å². The third-order valence-corrected chi connectivity index (χ3v) is 5.60. The van der Waals surface area contributed by atoms with Crippen LogP contribution >= 0.6 is 0 Å². The average molecular weight is 335 g/mol. The molecule has 0 spiro atoms. The second-order valence-electron chi connectivity index (χ2n) is 5.78. The Morgan fingerprint density at radius 3 is 2.83 bits per heavy atom. The zero-order chi connectivity index (χ0) is 16.9. The number of sulfone groups is 1. The SMILES string of the molecule is C#CCNC(=O)c1ccc(NC2CCCC(S(C)(=O)=O)C2)nc1. The number of carbonyl (C=O) groups is 1. The molecule has 23 heavy (non-hydrogen) atoms. The van der Waals surface area contributed by atoms with Crippen LogP contribution < -0.4 is 10.6 Å². The highest BCUT2D eigenvalue weighted by Crippen LogP contribution is 2.25. The molecule has 1 aliphatic carbocycles. The summed E-state index contributed by atoms with van der Waals surface area (Å²) in [5.74, 6) is 2.71. The Morgan fingerprint density at radius 2 is 2.22 bits per heavy atom. The molecule has 1 aromatic rings. The zero-order valence-corrected chi connectivity index (χ0v) is 13.9. The maximum absolute atomic E-state index is 11.7. The highest BCUT2D eigenvalue weighted by atomic mass is 32.2. The number of aromatic nitrogens is 1. The monoisotopic (exact) mass is 335 g/mol. The van der Waals surface area contributed by atoms with Gasteiger partial charge in [0.2, 0.25) is 0 Å². The van der Waals surface area contributed by atoms with Crippen molar-refractivity contribution in [2.45, 2.75) is 37.0 Å². The van der Waals surface area contributed by atoms with Gasteiger partial charge in [-0.3, -0.25) is 4.79 Å². The van der Waals surface area contributed by atoms with E-state index < -0.39 is 9.84 Å². The number of nitrogens with one attached hydrogen (secondary N) is 2. The van der Waals surface area contributed by atoms with Crippen molar-refractivity contribution in [2.24, 2.45) is 0 Å². The van der Waals surface area contributed by atoms with Crippen LogP contribution in [0.1, 0.15) is 36.0 Å². The van der Waals surface area contributed by atoms with Gasteiger partial charge in [0.25, 0.3) is 5.91 Å². The fourth-order valence-corrected chi connectivity index (χ4v) is 3.90. The molecule has 7 heteroatoms. The van der Waals surface area contributed by atoms with Gasteiger partial charge in [0.15, 0.2) is 0 Å². The topological polar surface area (TPSA) is 88.2 Å². The molecule has 1 aliphatic rings. The van der Waals surface area contributed by atoms with E-state index in [-0.39, 0.29) is 23.7 Å². The van der Waals surface area contributed by atoms with E-state index in [9.17, 15) is 13.2 Å². The fraction of sp³-hybridized carbons (Fsp3) is 0.500. The van der Waals surface area contributed by atoms with E-state index in [1.165, 1.54) is 12.5 Å². The summed E-state index contributed by atoms with van der Waals surface area (Å²) in [5.41, 5.74) is 0.434. The summed E-state index contributed by atoms with van der Waals surface area (Å²) < 4.78 is 23.4. The molecule has 2 N–H and O–H groups in total. The molecule has 6 nitrogen and oxygen atoms in total. The third kappa shape index (κ3) is 4.96. The molecule has 0 bridgehead atoms. The summed E-state index contributed by atoms with van der Waals surface area (Å²) in [4.78, 5) is 15.9. The van der Waals surface area contributed by atoms with Crippen molar-refractivity contribution in [1.82, 2.24) is 10.3 Å². The molecule has 1 saturated carbocycles. The summed E-state index contributed by atoms with van der Waals surface area (Å²) >= 11 is 0. The average Bonchev–Trinajstić information content (AvgIpc) is 2.53. The lowest BCUT2D eigenvalue weighted by Crippen LogP contribution is -2.34. The molecule has 2 unspecified atom stereocenters. The van der Waals surface area contributed by atoms with Gasteiger partial charge < -0.3 is 10.6 Å². The molecule has 1 heterocycles. The number of anilines is 1. The number of pyridine rings is 1. The first-order valence-electron chi connectivity index (χ1n) is 7.53. The predicted octanol–water partition coefficient (Wildman–Crippen LogP) is 1.21. The number of terminal acetylenes is 1. The lowest BCUT2D eigenvalue weighted by Gasteiger charge is -2.29. The molecule has 2 rings (SSSR count). The van der Waals surface area contributed by atoms with Gasteiger partial charge >= 0.3 is 0 Å². The van der Waals surface area contributed by atoms with Crippen molar-refractivity contribution in [1.29, 1.82) is 0 Å². The van der Waals surface area contributed by atoms with Crippen LogP contribution in [-0.2, 0) is 9.84 Å². The summed E-state index contributed by atoms with van der Waals surface area (Å²) in [5, 5.41) is 5.53. The van der Waals surface area contributed by atoms with Crippen LogP contribution in [0.15, 0.2) is 18.3 Å². The summed E-state index contributed by atoms with van der Waals surface area (Å²) in [6.07, 6.45) is 11.0. The van der Waals surface area contributed by atoms with Gasteiger partial charge in [-0.05, 0) is 31.4 Å². The normalized spacial score (nSPS) is 21.2. The van der Waals surface area contributed by atoms with Gasteiger partial charge in [-0.2, -0.15) is 0 Å². The Hall–Kier alpha value is -2.07. The van der Waals surface area contributed by atoms with E-state index in [0.717, 1.165) is 19.3 Å². The number of hydrogen-bond acceptors (Lipinski definition) is 5. The van der Waals surface area contributed by atoms with Crippen LogP contribution in [-0.4, -0.2) is 43.4 Å². The van der Waals surface area contributed by atoms with Gasteiger partial charge in [-0.15, -0.1) is 6.42 Å². The Labute approximate surface area is 137 Å². The first-order chi connectivity index (χ1) is 10.9. The minimum absolute atomic E-state index is 0.0806. The molecular weight excluding hydrogens is 314 g/mol. The minimum Gasteiger partial charge on any atom is -0.367 e. The largest absolute Gasteiger partial charge is 0.367 e. The van der Waals surface area contributed by atoms with E-state index in [2.05, 4.69) is 21.5 Å². The van der Waals surface area contributed by atoms with Crippen molar-refractivity contribution in [2.75, 3.05) is 18.1 Å². The Bertz CT molecular complexity index is 692. The van der Waals surface area contributed by atoms with Crippen molar-refractivity contribution < 1.29 is 13.2 Å². The van der Waals surface area contributed by atoms with E-state index in [4.69, 9.17) is 6.42 Å². The number of rotatable bonds is 5. The van der Waals surface area contributed by atoms with Crippen LogP contribution in [0, 0.1) is 12.3 Å². The Morgan fingerprint density at radius 1 is 1.43 bits per heavy atom. The Balaban J connectivity index is 1.96. The van der Waals surface area contributed by atoms with E-state index in [0.29, 0.717) is 17.8 Å². The Kier molecular flexibility index (Phi) is 5.61. The van der Waals surface area contributed by atoms with Gasteiger partial charge in [-0.1, -0.05) is 12.3 Å². The van der Waals surface area contributed by atoms with Crippen LogP contribution in [0.25, 0.3) is 0 Å². The number of nitrogens with zero attached hydrogens (tertiary/aromatic N) is 1. The first-order valence-corrected chi connectivity index (χ1v) is 9.48. The molecule has 0 aliphatic heterocycles. The fourth-order valence-electron chi connectivity index (χ4n) is 2.72. The third-order valence-electron chi connectivity index (χ3n) is 3.96. The van der Waals surface area contributed by atoms with Crippen molar-refractivity contribution in [3.05, 3.63) is 23.9 Å². The lowest BCUT2D eigenvalue weighted by atomic mass is 9.95. The molecule has 1 aromatic heterocycles. The quantitative estimate of drug-likeness (QED) is 0.790. The molecular formula is C16H21N3O3S. The van der Waals surface area contributed by atoms with Gasteiger partial charge in [0.1, 0.15) is 15.7 Å². The van der Waals surface area contributed by atoms with Gasteiger partial charge in [0, 0.05) is 18.5 Å². The number of carbonyl (C=O) groups excluding carboxylic acids is 1. The molecule has 2 atom stereocenters. The number of hydrogen-bond donors (Lipinski definition) is 2. The maximum Gasteiger partial charge on any atom is 0.253 e. The predicted molar refractivity (Wildman–Crippen MR) is 89.9 cm³/mol. The van der Waals surface area contributed by atoms with E-state index in [1.54, 1.807) is 12.1 Å². The van der Waals surface area contributed by atoms with Crippen LogP contribution in [0.2, 0.25) is 0 Å². The summed E-state index contributed by atoms with van der Waals surface area (Å²) in [6.45, 7) is 0.174. The molecule has 0 aromatic carbocycles. The second kappa shape index (κ2) is 7.47. The number of amides is 1. The lowest BCUT2D eigenvalue weighted by molar-refractivity contribution is 0.0958. The van der Waals surface area contributed by atoms with Gasteiger partial charge in [0.05, 0.1) is 17.4 Å². The molecule has 124 valence electrons. The zero-order valence-electron chi connectivity index (χ0n) is 13.1. The second-order valence-corrected chi connectivity index (χ2v) is 8.10. The molecule has 0 saturated heterocycles. The highest BCUT2D eigenvalue weighted by Gasteiger charge is 2.28. The maximum atomic E-state index is 11.7. The molecule has 1 amide bonds.